The number of halogens is 1. The molecule has 10 heteroatoms. The molecule has 1 aromatic carbocycles. The summed E-state index contributed by atoms with van der Waals surface area (Å²) in [7, 11) is -3.48. The van der Waals surface area contributed by atoms with Gasteiger partial charge in [-0.15, -0.1) is 0 Å². The summed E-state index contributed by atoms with van der Waals surface area (Å²) in [6.45, 7) is 1.98. The van der Waals surface area contributed by atoms with Crippen LogP contribution in [0.25, 0.3) is 16.6 Å². The highest BCUT2D eigenvalue weighted by Gasteiger charge is 2.21. The lowest BCUT2D eigenvalue weighted by Gasteiger charge is -2.19. The molecule has 0 aliphatic rings. The van der Waals surface area contributed by atoms with E-state index in [4.69, 9.17) is 0 Å². The molecular formula is C23H22FN5O3S. The number of aromatic nitrogens is 4. The fraction of sp³-hybridized carbons (Fsp3) is 0.217. The number of pyridine rings is 2. The third kappa shape index (κ3) is 4.75. The highest BCUT2D eigenvalue weighted by atomic mass is 32.2. The van der Waals surface area contributed by atoms with E-state index in [1.807, 2.05) is 6.92 Å². The summed E-state index contributed by atoms with van der Waals surface area (Å²) in [5.41, 5.74) is 2.23. The van der Waals surface area contributed by atoms with Crippen molar-refractivity contribution in [2.75, 3.05) is 6.26 Å². The minimum atomic E-state index is -3.48. The van der Waals surface area contributed by atoms with E-state index in [9.17, 15) is 17.6 Å². The van der Waals surface area contributed by atoms with Gasteiger partial charge in [-0.25, -0.2) is 22.5 Å². The maximum atomic E-state index is 13.3. The standard InChI is InChI=1S/C23H22FN5O3S/c1-3-4-20(15-9-10-26-22(11-15)33(2,31)32)28-23(30)19-12-25-14-21-18(19)13-27-29(21)17-7-5-16(24)6-8-17/h5-14,20H,3-4H2,1-2H3,(H,28,30). The van der Waals surface area contributed by atoms with Crippen LogP contribution in [0, 0.1) is 5.82 Å². The predicted molar refractivity (Wildman–Crippen MR) is 121 cm³/mol. The largest absolute Gasteiger partial charge is 0.345 e. The second-order valence-electron chi connectivity index (χ2n) is 7.67. The number of carbonyl (C=O) groups excluding carboxylic acids is 1. The van der Waals surface area contributed by atoms with Gasteiger partial charge in [0.2, 0.25) is 0 Å². The molecule has 0 saturated carbocycles. The first-order valence-electron chi connectivity index (χ1n) is 10.3. The zero-order valence-corrected chi connectivity index (χ0v) is 18.9. The lowest BCUT2D eigenvalue weighted by atomic mass is 10.0. The van der Waals surface area contributed by atoms with Crippen LogP contribution in [0.3, 0.4) is 0 Å². The van der Waals surface area contributed by atoms with Crippen molar-refractivity contribution in [3.05, 3.63) is 78.1 Å². The minimum absolute atomic E-state index is 0.0419. The Bertz CT molecular complexity index is 1420. The van der Waals surface area contributed by atoms with Gasteiger partial charge in [-0.3, -0.25) is 9.78 Å². The second-order valence-corrected chi connectivity index (χ2v) is 9.63. The number of amides is 1. The number of nitrogens with one attached hydrogen (secondary N) is 1. The predicted octanol–water partition coefficient (Wildman–Crippen LogP) is 3.63. The molecule has 3 aromatic heterocycles. The van der Waals surface area contributed by atoms with Gasteiger partial charge < -0.3 is 5.32 Å². The summed E-state index contributed by atoms with van der Waals surface area (Å²) in [5, 5.41) is 7.89. The maximum Gasteiger partial charge on any atom is 0.254 e. The molecule has 0 saturated heterocycles. The molecule has 1 atom stereocenters. The SMILES string of the molecule is CCCC(NC(=O)c1cncc2c1cnn2-c1ccc(F)cc1)c1ccnc(S(C)(=O)=O)c1. The molecule has 1 amide bonds. The van der Waals surface area contributed by atoms with Crippen molar-refractivity contribution in [3.8, 4) is 5.69 Å². The number of nitrogens with zero attached hydrogens (tertiary/aromatic N) is 4. The van der Waals surface area contributed by atoms with Gasteiger partial charge in [-0.05, 0) is 48.4 Å². The highest BCUT2D eigenvalue weighted by molar-refractivity contribution is 7.90. The summed E-state index contributed by atoms with van der Waals surface area (Å²) in [5.74, 6) is -0.714. The summed E-state index contributed by atoms with van der Waals surface area (Å²) in [6.07, 6.45) is 8.52. The van der Waals surface area contributed by atoms with Crippen molar-refractivity contribution in [1.29, 1.82) is 0 Å². The minimum Gasteiger partial charge on any atom is -0.345 e. The molecule has 0 bridgehead atoms. The maximum absolute atomic E-state index is 13.3. The highest BCUT2D eigenvalue weighted by Crippen LogP contribution is 2.24. The number of rotatable bonds is 7. The number of benzene rings is 1. The molecule has 0 fully saturated rings. The average molecular weight is 468 g/mol. The van der Waals surface area contributed by atoms with Crippen LogP contribution in [0.1, 0.15) is 41.7 Å². The normalized spacial score (nSPS) is 12.6. The van der Waals surface area contributed by atoms with E-state index in [1.54, 1.807) is 35.3 Å². The summed E-state index contributed by atoms with van der Waals surface area (Å²) in [6, 6.07) is 8.63. The molecule has 3 heterocycles. The fourth-order valence-electron chi connectivity index (χ4n) is 3.60. The number of hydrogen-bond donors (Lipinski definition) is 1. The zero-order valence-electron chi connectivity index (χ0n) is 18.1. The Balaban J connectivity index is 1.67. The van der Waals surface area contributed by atoms with Crippen molar-refractivity contribution >= 4 is 26.6 Å². The van der Waals surface area contributed by atoms with Crippen LogP contribution in [0.15, 0.2) is 66.2 Å². The molecule has 0 aliphatic heterocycles. The van der Waals surface area contributed by atoms with Gasteiger partial charge >= 0.3 is 0 Å². The van der Waals surface area contributed by atoms with Crippen LogP contribution in [-0.2, 0) is 9.84 Å². The van der Waals surface area contributed by atoms with Crippen molar-refractivity contribution in [2.24, 2.45) is 0 Å². The number of sulfone groups is 1. The van der Waals surface area contributed by atoms with Crippen LogP contribution < -0.4 is 5.32 Å². The molecule has 4 rings (SSSR count). The second kappa shape index (κ2) is 9.07. The Labute approximate surface area is 190 Å². The molecule has 8 nitrogen and oxygen atoms in total. The number of carbonyl (C=O) groups is 1. The number of hydrogen-bond acceptors (Lipinski definition) is 6. The monoisotopic (exact) mass is 467 g/mol. The summed E-state index contributed by atoms with van der Waals surface area (Å²) >= 11 is 0. The molecular weight excluding hydrogens is 445 g/mol. The van der Waals surface area contributed by atoms with E-state index in [2.05, 4.69) is 20.4 Å². The molecule has 0 aliphatic carbocycles. The van der Waals surface area contributed by atoms with Gasteiger partial charge in [0, 0.05) is 24.0 Å². The average Bonchev–Trinajstić information content (AvgIpc) is 3.23. The topological polar surface area (TPSA) is 107 Å². The Morgan fingerprint density at radius 2 is 1.91 bits per heavy atom. The van der Waals surface area contributed by atoms with Crippen molar-refractivity contribution < 1.29 is 17.6 Å². The van der Waals surface area contributed by atoms with E-state index in [-0.39, 0.29) is 16.8 Å². The third-order valence-corrected chi connectivity index (χ3v) is 6.22. The van der Waals surface area contributed by atoms with Crippen molar-refractivity contribution in [2.45, 2.75) is 30.8 Å². The Morgan fingerprint density at radius 3 is 2.61 bits per heavy atom. The molecule has 170 valence electrons. The van der Waals surface area contributed by atoms with E-state index >= 15 is 0 Å². The lowest BCUT2D eigenvalue weighted by Crippen LogP contribution is -2.29. The van der Waals surface area contributed by atoms with Gasteiger partial charge in [0.25, 0.3) is 5.91 Å². The molecule has 4 aromatic rings. The summed E-state index contributed by atoms with van der Waals surface area (Å²) < 4.78 is 38.7. The molecule has 0 radical (unpaired) electrons. The lowest BCUT2D eigenvalue weighted by molar-refractivity contribution is 0.0935. The first kappa shape index (κ1) is 22.5. The summed E-state index contributed by atoms with van der Waals surface area (Å²) in [4.78, 5) is 21.3. The van der Waals surface area contributed by atoms with E-state index < -0.39 is 15.9 Å². The number of fused-ring (bicyclic) bond motifs is 1. The van der Waals surface area contributed by atoms with Crippen LogP contribution in [0.5, 0.6) is 0 Å². The molecule has 33 heavy (non-hydrogen) atoms. The first-order valence-corrected chi connectivity index (χ1v) is 12.2. The first-order chi connectivity index (χ1) is 15.8. The van der Waals surface area contributed by atoms with Gasteiger partial charge in [0.05, 0.1) is 35.2 Å². The van der Waals surface area contributed by atoms with Crippen LogP contribution in [-0.4, -0.2) is 40.3 Å². The van der Waals surface area contributed by atoms with Crippen molar-refractivity contribution in [1.82, 2.24) is 25.1 Å². The zero-order chi connectivity index (χ0) is 23.6. The quantitative estimate of drug-likeness (QED) is 0.445. The molecule has 1 N–H and O–H groups in total. The Morgan fingerprint density at radius 1 is 1.15 bits per heavy atom. The van der Waals surface area contributed by atoms with Gasteiger partial charge in [-0.1, -0.05) is 13.3 Å². The van der Waals surface area contributed by atoms with Gasteiger partial charge in [-0.2, -0.15) is 5.10 Å². The third-order valence-electron chi connectivity index (χ3n) is 5.24. The van der Waals surface area contributed by atoms with Crippen LogP contribution in [0.2, 0.25) is 0 Å². The smallest absolute Gasteiger partial charge is 0.254 e. The van der Waals surface area contributed by atoms with E-state index in [0.717, 1.165) is 12.7 Å². The van der Waals surface area contributed by atoms with Crippen molar-refractivity contribution in [3.63, 3.8) is 0 Å². The molecule has 1 unspecified atom stereocenters. The van der Waals surface area contributed by atoms with Crippen LogP contribution in [0.4, 0.5) is 4.39 Å². The van der Waals surface area contributed by atoms with Gasteiger partial charge in [0.1, 0.15) is 5.82 Å². The van der Waals surface area contributed by atoms with E-state index in [0.29, 0.717) is 34.1 Å². The van der Waals surface area contributed by atoms with E-state index in [1.165, 1.54) is 30.6 Å². The molecule has 0 spiro atoms. The van der Waals surface area contributed by atoms with Crippen LogP contribution >= 0.6 is 0 Å². The Kier molecular flexibility index (Phi) is 6.19. The Hall–Kier alpha value is -3.66. The van der Waals surface area contributed by atoms with Gasteiger partial charge in [0.15, 0.2) is 14.9 Å². The fourth-order valence-corrected chi connectivity index (χ4v) is 4.20.